The molecule has 8 heteroatoms. The van der Waals surface area contributed by atoms with E-state index in [2.05, 4.69) is 5.32 Å². The van der Waals surface area contributed by atoms with Crippen LogP contribution < -0.4 is 5.32 Å². The average Bonchev–Trinajstić information content (AvgIpc) is 2.26. The lowest BCUT2D eigenvalue weighted by Gasteiger charge is -2.14. The number of anilines is 1. The van der Waals surface area contributed by atoms with Gasteiger partial charge in [-0.1, -0.05) is 0 Å². The van der Waals surface area contributed by atoms with Gasteiger partial charge in [-0.25, -0.2) is 4.79 Å². The fourth-order valence-electron chi connectivity index (χ4n) is 1.53. The summed E-state index contributed by atoms with van der Waals surface area (Å²) in [5.74, 6) is -2.56. The summed E-state index contributed by atoms with van der Waals surface area (Å²) >= 11 is 0. The lowest BCUT2D eigenvalue weighted by Crippen LogP contribution is -2.31. The third kappa shape index (κ3) is 3.95. The fraction of sp³-hybridized carbons (Fsp3) is 0.273. The third-order valence-corrected chi connectivity index (χ3v) is 2.41. The number of nitro groups is 1. The summed E-state index contributed by atoms with van der Waals surface area (Å²) in [5.41, 5.74) is 0.585. The second-order valence-corrected chi connectivity index (χ2v) is 3.89. The van der Waals surface area contributed by atoms with Crippen molar-refractivity contribution < 1.29 is 24.7 Å². The smallest absolute Gasteiger partial charge is 0.326 e. The van der Waals surface area contributed by atoms with Gasteiger partial charge >= 0.3 is 11.9 Å². The molecule has 0 saturated carbocycles. The quantitative estimate of drug-likeness (QED) is 0.522. The second-order valence-electron chi connectivity index (χ2n) is 3.89. The Hall–Kier alpha value is -2.64. The Morgan fingerprint density at radius 1 is 1.42 bits per heavy atom. The highest BCUT2D eigenvalue weighted by atomic mass is 16.6. The van der Waals surface area contributed by atoms with E-state index in [0.29, 0.717) is 11.3 Å². The van der Waals surface area contributed by atoms with Crippen molar-refractivity contribution in [2.45, 2.75) is 19.4 Å². The third-order valence-electron chi connectivity index (χ3n) is 2.41. The molecule has 0 fully saturated rings. The zero-order valence-electron chi connectivity index (χ0n) is 9.99. The number of rotatable bonds is 6. The van der Waals surface area contributed by atoms with Crippen molar-refractivity contribution in [2.24, 2.45) is 0 Å². The summed E-state index contributed by atoms with van der Waals surface area (Å²) in [6.45, 7) is 1.51. The molecule has 0 heterocycles. The lowest BCUT2D eigenvalue weighted by molar-refractivity contribution is -0.385. The van der Waals surface area contributed by atoms with Crippen molar-refractivity contribution in [3.8, 4) is 0 Å². The molecule has 3 N–H and O–H groups in total. The van der Waals surface area contributed by atoms with Crippen molar-refractivity contribution in [1.29, 1.82) is 0 Å². The maximum atomic E-state index is 10.9. The first kappa shape index (κ1) is 14.4. The molecule has 0 aliphatic carbocycles. The molecule has 1 unspecified atom stereocenters. The number of benzene rings is 1. The van der Waals surface area contributed by atoms with Gasteiger partial charge in [0.25, 0.3) is 5.69 Å². The van der Waals surface area contributed by atoms with Crippen LogP contribution in [0.15, 0.2) is 18.2 Å². The average molecular weight is 268 g/mol. The van der Waals surface area contributed by atoms with Crippen LogP contribution >= 0.6 is 0 Å². The fourth-order valence-corrected chi connectivity index (χ4v) is 1.53. The summed E-state index contributed by atoms with van der Waals surface area (Å²) < 4.78 is 0. The predicted molar refractivity (Wildman–Crippen MR) is 65.1 cm³/mol. The molecular formula is C11H12N2O6. The van der Waals surface area contributed by atoms with Gasteiger partial charge in [0.1, 0.15) is 6.04 Å². The number of nitrogens with one attached hydrogen (secondary N) is 1. The molecule has 1 aromatic rings. The van der Waals surface area contributed by atoms with Crippen LogP contribution in [0.25, 0.3) is 0 Å². The number of carboxylic acid groups (broad SMARTS) is 2. The van der Waals surface area contributed by atoms with Crippen LogP contribution in [0.2, 0.25) is 0 Å². The van der Waals surface area contributed by atoms with Gasteiger partial charge in [-0.15, -0.1) is 0 Å². The van der Waals surface area contributed by atoms with Crippen LogP contribution in [0, 0.1) is 17.0 Å². The van der Waals surface area contributed by atoms with Gasteiger partial charge in [0.2, 0.25) is 0 Å². The number of hydrogen-bond donors (Lipinski definition) is 3. The number of aliphatic carboxylic acids is 2. The molecule has 0 saturated heterocycles. The molecule has 0 aliphatic heterocycles. The van der Waals surface area contributed by atoms with E-state index < -0.39 is 29.3 Å². The molecule has 0 bridgehead atoms. The van der Waals surface area contributed by atoms with Crippen molar-refractivity contribution in [2.75, 3.05) is 5.32 Å². The number of nitrogens with zero attached hydrogens (tertiary/aromatic N) is 1. The number of aryl methyl sites for hydroxylation is 1. The van der Waals surface area contributed by atoms with Crippen LogP contribution in [-0.4, -0.2) is 33.1 Å². The first-order chi connectivity index (χ1) is 8.81. The molecule has 1 atom stereocenters. The zero-order valence-corrected chi connectivity index (χ0v) is 9.99. The Bertz CT molecular complexity index is 528. The van der Waals surface area contributed by atoms with Gasteiger partial charge in [0, 0.05) is 17.3 Å². The van der Waals surface area contributed by atoms with Gasteiger partial charge in [0.15, 0.2) is 0 Å². The Labute approximate surface area is 107 Å². The molecule has 1 rings (SSSR count). The largest absolute Gasteiger partial charge is 0.481 e. The van der Waals surface area contributed by atoms with Crippen molar-refractivity contribution in [3.63, 3.8) is 0 Å². The summed E-state index contributed by atoms with van der Waals surface area (Å²) in [4.78, 5) is 31.5. The number of hydrogen-bond acceptors (Lipinski definition) is 5. The summed E-state index contributed by atoms with van der Waals surface area (Å²) in [6.07, 6.45) is -0.592. The van der Waals surface area contributed by atoms with Crippen LogP contribution in [0.5, 0.6) is 0 Å². The van der Waals surface area contributed by atoms with E-state index in [9.17, 15) is 19.7 Å². The van der Waals surface area contributed by atoms with Crippen LogP contribution in [0.1, 0.15) is 12.0 Å². The predicted octanol–water partition coefficient (Wildman–Crippen LogP) is 1.24. The molecule has 8 nitrogen and oxygen atoms in total. The van der Waals surface area contributed by atoms with E-state index in [4.69, 9.17) is 10.2 Å². The Balaban J connectivity index is 2.91. The number of nitro benzene ring substituents is 1. The topological polar surface area (TPSA) is 130 Å². The molecule has 0 radical (unpaired) electrons. The monoisotopic (exact) mass is 268 g/mol. The first-order valence-corrected chi connectivity index (χ1v) is 5.27. The van der Waals surface area contributed by atoms with E-state index in [1.54, 1.807) is 0 Å². The summed E-state index contributed by atoms with van der Waals surface area (Å²) in [6, 6.07) is 2.68. The van der Waals surface area contributed by atoms with Crippen LogP contribution in [0.3, 0.4) is 0 Å². The van der Waals surface area contributed by atoms with E-state index >= 15 is 0 Å². The van der Waals surface area contributed by atoms with E-state index in [0.717, 1.165) is 0 Å². The maximum absolute atomic E-state index is 10.9. The Morgan fingerprint density at radius 2 is 2.05 bits per heavy atom. The first-order valence-electron chi connectivity index (χ1n) is 5.27. The standard InChI is InChI=1S/C11H12N2O6/c1-6-4-7(2-3-9(6)13(18)19)12-8(11(16)17)5-10(14)15/h2-4,8,12H,5H2,1H3,(H,14,15)(H,16,17). The molecule has 0 aromatic heterocycles. The summed E-state index contributed by atoms with van der Waals surface area (Å²) in [5, 5.41) is 30.6. The second kappa shape index (κ2) is 5.80. The van der Waals surface area contributed by atoms with Gasteiger partial charge < -0.3 is 15.5 Å². The molecule has 19 heavy (non-hydrogen) atoms. The van der Waals surface area contributed by atoms with Crippen LogP contribution in [-0.2, 0) is 9.59 Å². The number of carbonyl (C=O) groups is 2. The minimum atomic E-state index is -1.31. The Kier molecular flexibility index (Phi) is 4.41. The molecule has 0 aliphatic rings. The van der Waals surface area contributed by atoms with Crippen LogP contribution in [0.4, 0.5) is 11.4 Å². The molecule has 102 valence electrons. The van der Waals surface area contributed by atoms with Crippen molar-refractivity contribution in [1.82, 2.24) is 0 Å². The van der Waals surface area contributed by atoms with E-state index in [1.807, 2.05) is 0 Å². The summed E-state index contributed by atoms with van der Waals surface area (Å²) in [7, 11) is 0. The van der Waals surface area contributed by atoms with Gasteiger partial charge in [-0.05, 0) is 19.1 Å². The van der Waals surface area contributed by atoms with Gasteiger partial charge in [-0.3, -0.25) is 14.9 Å². The highest BCUT2D eigenvalue weighted by Gasteiger charge is 2.21. The van der Waals surface area contributed by atoms with E-state index in [1.165, 1.54) is 25.1 Å². The van der Waals surface area contributed by atoms with Gasteiger partial charge in [0.05, 0.1) is 11.3 Å². The van der Waals surface area contributed by atoms with Crippen molar-refractivity contribution in [3.05, 3.63) is 33.9 Å². The SMILES string of the molecule is Cc1cc(NC(CC(=O)O)C(=O)O)ccc1[N+](=O)[O-]. The highest BCUT2D eigenvalue weighted by molar-refractivity contribution is 5.83. The molecule has 0 amide bonds. The molecule has 1 aromatic carbocycles. The highest BCUT2D eigenvalue weighted by Crippen LogP contribution is 2.22. The van der Waals surface area contributed by atoms with Crippen molar-refractivity contribution >= 4 is 23.3 Å². The van der Waals surface area contributed by atoms with E-state index in [-0.39, 0.29) is 5.69 Å². The molecule has 0 spiro atoms. The van der Waals surface area contributed by atoms with Gasteiger partial charge in [-0.2, -0.15) is 0 Å². The normalized spacial score (nSPS) is 11.6. The lowest BCUT2D eigenvalue weighted by atomic mass is 10.1. The zero-order chi connectivity index (χ0) is 14.6. The number of carboxylic acids is 2. The minimum Gasteiger partial charge on any atom is -0.481 e. The molecular weight excluding hydrogens is 256 g/mol. The minimum absolute atomic E-state index is 0.0874. The maximum Gasteiger partial charge on any atom is 0.326 e. The Morgan fingerprint density at radius 3 is 2.47 bits per heavy atom.